The van der Waals surface area contributed by atoms with Crippen LogP contribution in [0.3, 0.4) is 0 Å². The third-order valence-corrected chi connectivity index (χ3v) is 5.06. The maximum atomic E-state index is 13.2. The third kappa shape index (κ3) is 10.4. The molecule has 4 N–H and O–H groups in total. The SMILES string of the molecule is CC(C)(C)OC(=O)N(C(=O)[C@@H](N)COCc1ccccc1)[C@H](CCC(=O)OCc1ccccc1)C(N)=O. The summed E-state index contributed by atoms with van der Waals surface area (Å²) in [6.07, 6.45) is -1.63. The number of nitrogens with two attached hydrogens (primary N) is 2. The molecule has 0 unspecified atom stereocenters. The molecule has 0 saturated carbocycles. The maximum absolute atomic E-state index is 13.2. The van der Waals surface area contributed by atoms with E-state index >= 15 is 0 Å². The van der Waals surface area contributed by atoms with E-state index in [2.05, 4.69) is 0 Å². The highest BCUT2D eigenvalue weighted by Gasteiger charge is 2.39. The summed E-state index contributed by atoms with van der Waals surface area (Å²) in [5.41, 5.74) is 12.2. The molecular formula is C27H35N3O7. The third-order valence-electron chi connectivity index (χ3n) is 5.06. The lowest BCUT2D eigenvalue weighted by Crippen LogP contribution is -2.57. The molecule has 2 aromatic carbocycles. The summed E-state index contributed by atoms with van der Waals surface area (Å²) in [5.74, 6) is -2.53. The minimum Gasteiger partial charge on any atom is -0.461 e. The van der Waals surface area contributed by atoms with Crippen molar-refractivity contribution in [3.8, 4) is 0 Å². The molecule has 2 aromatic rings. The first-order valence-electron chi connectivity index (χ1n) is 11.9. The molecule has 0 radical (unpaired) electrons. The van der Waals surface area contributed by atoms with Crippen LogP contribution in [0.2, 0.25) is 0 Å². The van der Waals surface area contributed by atoms with Crippen molar-refractivity contribution in [3.63, 3.8) is 0 Å². The van der Waals surface area contributed by atoms with Crippen molar-refractivity contribution >= 4 is 23.9 Å². The normalized spacial score (nSPS) is 12.8. The number of hydrogen-bond acceptors (Lipinski definition) is 8. The molecule has 37 heavy (non-hydrogen) atoms. The van der Waals surface area contributed by atoms with Gasteiger partial charge in [-0.15, -0.1) is 0 Å². The van der Waals surface area contributed by atoms with Gasteiger partial charge in [0.25, 0.3) is 5.91 Å². The second kappa shape index (κ2) is 14.1. The maximum Gasteiger partial charge on any atom is 0.417 e. The molecule has 0 heterocycles. The Hall–Kier alpha value is -3.76. The van der Waals surface area contributed by atoms with E-state index in [1.54, 1.807) is 32.9 Å². The smallest absolute Gasteiger partial charge is 0.417 e. The molecule has 0 aliphatic rings. The summed E-state index contributed by atoms with van der Waals surface area (Å²) >= 11 is 0. The van der Waals surface area contributed by atoms with Crippen LogP contribution in [0.5, 0.6) is 0 Å². The number of rotatable bonds is 12. The number of benzene rings is 2. The fourth-order valence-corrected chi connectivity index (χ4v) is 3.27. The quantitative estimate of drug-likeness (QED) is 0.411. The number of hydrogen-bond donors (Lipinski definition) is 2. The van der Waals surface area contributed by atoms with E-state index in [0.29, 0.717) is 4.90 Å². The van der Waals surface area contributed by atoms with Gasteiger partial charge in [0.2, 0.25) is 5.91 Å². The number of esters is 1. The van der Waals surface area contributed by atoms with Crippen molar-refractivity contribution < 1.29 is 33.4 Å². The lowest BCUT2D eigenvalue weighted by Gasteiger charge is -2.32. The van der Waals surface area contributed by atoms with Gasteiger partial charge in [-0.25, -0.2) is 9.69 Å². The van der Waals surface area contributed by atoms with Gasteiger partial charge in [0.05, 0.1) is 13.2 Å². The van der Waals surface area contributed by atoms with Crippen LogP contribution in [0.25, 0.3) is 0 Å². The van der Waals surface area contributed by atoms with Gasteiger partial charge in [0.15, 0.2) is 0 Å². The lowest BCUT2D eigenvalue weighted by atomic mass is 10.1. The molecule has 0 aliphatic carbocycles. The largest absolute Gasteiger partial charge is 0.461 e. The van der Waals surface area contributed by atoms with Crippen LogP contribution in [-0.2, 0) is 41.8 Å². The predicted molar refractivity (Wildman–Crippen MR) is 136 cm³/mol. The number of nitrogens with zero attached hydrogens (tertiary/aromatic N) is 1. The van der Waals surface area contributed by atoms with E-state index in [1.165, 1.54) is 0 Å². The zero-order chi connectivity index (χ0) is 27.4. The van der Waals surface area contributed by atoms with Gasteiger partial charge in [-0.2, -0.15) is 0 Å². The number of carbonyl (C=O) groups excluding carboxylic acids is 4. The van der Waals surface area contributed by atoms with Crippen LogP contribution >= 0.6 is 0 Å². The molecular weight excluding hydrogens is 478 g/mol. The van der Waals surface area contributed by atoms with E-state index in [0.717, 1.165) is 11.1 Å². The summed E-state index contributed by atoms with van der Waals surface area (Å²) in [7, 11) is 0. The zero-order valence-electron chi connectivity index (χ0n) is 21.4. The van der Waals surface area contributed by atoms with Gasteiger partial charge in [-0.3, -0.25) is 14.4 Å². The van der Waals surface area contributed by atoms with Gasteiger partial charge < -0.3 is 25.7 Å². The zero-order valence-corrected chi connectivity index (χ0v) is 21.4. The molecule has 0 fully saturated rings. The van der Waals surface area contributed by atoms with Gasteiger partial charge >= 0.3 is 12.1 Å². The van der Waals surface area contributed by atoms with Crippen LogP contribution < -0.4 is 11.5 Å². The highest BCUT2D eigenvalue weighted by molar-refractivity contribution is 6.00. The van der Waals surface area contributed by atoms with Crippen molar-refractivity contribution in [2.75, 3.05) is 6.61 Å². The molecule has 3 amide bonds. The molecule has 0 aliphatic heterocycles. The average Bonchev–Trinajstić information content (AvgIpc) is 2.84. The topological polar surface area (TPSA) is 151 Å². The summed E-state index contributed by atoms with van der Waals surface area (Å²) in [4.78, 5) is 51.4. The van der Waals surface area contributed by atoms with Gasteiger partial charge in [0.1, 0.15) is 24.3 Å². The Kier molecular flexibility index (Phi) is 11.2. The van der Waals surface area contributed by atoms with Gasteiger partial charge in [0, 0.05) is 6.42 Å². The Labute approximate surface area is 216 Å². The number of amides is 3. The molecule has 2 rings (SSSR count). The molecule has 10 nitrogen and oxygen atoms in total. The van der Waals surface area contributed by atoms with E-state index in [-0.39, 0.29) is 32.7 Å². The lowest BCUT2D eigenvalue weighted by molar-refractivity contribution is -0.147. The van der Waals surface area contributed by atoms with E-state index in [4.69, 9.17) is 25.7 Å². The highest BCUT2D eigenvalue weighted by atomic mass is 16.6. The Bertz CT molecular complexity index is 1040. The van der Waals surface area contributed by atoms with Crippen molar-refractivity contribution in [3.05, 3.63) is 71.8 Å². The Morgan fingerprint density at radius 3 is 1.95 bits per heavy atom. The van der Waals surface area contributed by atoms with Crippen LogP contribution in [-0.4, -0.2) is 53.1 Å². The van der Waals surface area contributed by atoms with Crippen molar-refractivity contribution in [1.82, 2.24) is 4.90 Å². The minimum atomic E-state index is -1.48. The standard InChI is InChI=1S/C27H35N3O7/c1-27(2,3)37-26(34)30(25(33)21(28)18-35-16-19-10-6-4-7-11-19)22(24(29)32)14-15-23(31)36-17-20-12-8-5-9-13-20/h4-13,21-22H,14-18,28H2,1-3H3,(H2,29,32)/t21-,22+/m0/s1. The van der Waals surface area contributed by atoms with Crippen molar-refractivity contribution in [2.24, 2.45) is 11.5 Å². The first-order chi connectivity index (χ1) is 17.5. The van der Waals surface area contributed by atoms with E-state index in [1.807, 2.05) is 48.5 Å². The Morgan fingerprint density at radius 1 is 0.892 bits per heavy atom. The number of primary amides is 1. The number of ether oxygens (including phenoxy) is 3. The van der Waals surface area contributed by atoms with Crippen molar-refractivity contribution in [2.45, 2.75) is 64.5 Å². The first kappa shape index (κ1) is 29.5. The number of imide groups is 1. The Morgan fingerprint density at radius 2 is 1.43 bits per heavy atom. The highest BCUT2D eigenvalue weighted by Crippen LogP contribution is 2.17. The summed E-state index contributed by atoms with van der Waals surface area (Å²) in [6, 6.07) is 15.5. The Balaban J connectivity index is 2.08. The second-order valence-electron chi connectivity index (χ2n) is 9.40. The summed E-state index contributed by atoms with van der Waals surface area (Å²) in [5, 5.41) is 0. The van der Waals surface area contributed by atoms with Crippen molar-refractivity contribution in [1.29, 1.82) is 0 Å². The van der Waals surface area contributed by atoms with Crippen LogP contribution in [0.4, 0.5) is 4.79 Å². The van der Waals surface area contributed by atoms with Gasteiger partial charge in [-0.1, -0.05) is 60.7 Å². The first-order valence-corrected chi connectivity index (χ1v) is 11.9. The molecule has 200 valence electrons. The van der Waals surface area contributed by atoms with Crippen LogP contribution in [0.1, 0.15) is 44.7 Å². The molecule has 2 atom stereocenters. The molecule has 0 spiro atoms. The van der Waals surface area contributed by atoms with Crippen LogP contribution in [0, 0.1) is 0 Å². The minimum absolute atomic E-state index is 0.0409. The van der Waals surface area contributed by atoms with E-state index < -0.39 is 41.6 Å². The van der Waals surface area contributed by atoms with Gasteiger partial charge in [-0.05, 0) is 38.3 Å². The average molecular weight is 514 g/mol. The predicted octanol–water partition coefficient (Wildman–Crippen LogP) is 2.67. The monoisotopic (exact) mass is 513 g/mol. The fourth-order valence-electron chi connectivity index (χ4n) is 3.27. The molecule has 0 saturated heterocycles. The molecule has 10 heteroatoms. The molecule has 0 bridgehead atoms. The fraction of sp³-hybridized carbons (Fsp3) is 0.407. The summed E-state index contributed by atoms with van der Waals surface area (Å²) in [6.45, 7) is 4.83. The summed E-state index contributed by atoms with van der Waals surface area (Å²) < 4.78 is 16.1. The molecule has 0 aromatic heterocycles. The van der Waals surface area contributed by atoms with Crippen LogP contribution in [0.15, 0.2) is 60.7 Å². The number of carbonyl (C=O) groups is 4. The second-order valence-corrected chi connectivity index (χ2v) is 9.40. The van der Waals surface area contributed by atoms with E-state index in [9.17, 15) is 19.2 Å².